The van der Waals surface area contributed by atoms with E-state index in [1.54, 1.807) is 0 Å². The van der Waals surface area contributed by atoms with Crippen LogP contribution in [0.4, 0.5) is 11.4 Å². The normalized spacial score (nSPS) is 13.1. The van der Waals surface area contributed by atoms with Gasteiger partial charge in [0.2, 0.25) is 0 Å². The second-order valence-electron chi connectivity index (χ2n) is 6.06. The molecule has 0 aliphatic rings. The summed E-state index contributed by atoms with van der Waals surface area (Å²) in [5.74, 6) is 0. The molecule has 0 radical (unpaired) electrons. The van der Waals surface area contributed by atoms with Crippen LogP contribution in [0.25, 0.3) is 0 Å². The minimum atomic E-state index is -4.92. The average molecular weight is 501 g/mol. The van der Waals surface area contributed by atoms with Gasteiger partial charge in [-0.05, 0) is 36.4 Å². The molecule has 0 unspecified atom stereocenters. The van der Waals surface area contributed by atoms with E-state index in [4.69, 9.17) is 0 Å². The van der Waals surface area contributed by atoms with Gasteiger partial charge in [-0.3, -0.25) is 14.5 Å². The third-order valence-corrected chi connectivity index (χ3v) is 7.80. The van der Waals surface area contributed by atoms with E-state index >= 15 is 0 Å². The molecule has 0 aromatic heterocycles. The van der Waals surface area contributed by atoms with Gasteiger partial charge in [0.05, 0.1) is 21.2 Å². The van der Waals surface area contributed by atoms with Crippen LogP contribution in [0.15, 0.2) is 56.0 Å². The predicted molar refractivity (Wildman–Crippen MR) is 106 cm³/mol. The molecule has 0 saturated heterocycles. The summed E-state index contributed by atoms with van der Waals surface area (Å²) in [4.78, 5) is -2.75. The minimum absolute atomic E-state index is 0.108. The molecular weight excluding hydrogens is 484 g/mol. The van der Waals surface area contributed by atoms with Gasteiger partial charge in [-0.2, -0.15) is 16.8 Å². The van der Waals surface area contributed by atoms with E-state index in [2.05, 4.69) is 10.9 Å². The third-order valence-electron chi connectivity index (χ3n) is 3.62. The van der Waals surface area contributed by atoms with Crippen LogP contribution >= 0.6 is 0 Å². The number of hydrogen-bond acceptors (Lipinski definition) is 10. The molecule has 0 fully saturated rings. The average Bonchev–Trinajstić information content (AvgIpc) is 2.56. The molecular formula is C14H16N2O10S4. The van der Waals surface area contributed by atoms with E-state index in [-0.39, 0.29) is 16.3 Å². The van der Waals surface area contributed by atoms with E-state index in [0.717, 1.165) is 42.8 Å². The Balaban J connectivity index is 2.50. The minimum Gasteiger partial charge on any atom is -0.301 e. The summed E-state index contributed by atoms with van der Waals surface area (Å²) in [5, 5.41) is 0. The van der Waals surface area contributed by atoms with Crippen molar-refractivity contribution < 1.29 is 42.8 Å². The first-order valence-electron chi connectivity index (χ1n) is 7.56. The highest BCUT2D eigenvalue weighted by Crippen LogP contribution is 2.27. The molecule has 0 aliphatic heterocycles. The zero-order valence-electron chi connectivity index (χ0n) is 15.3. The monoisotopic (exact) mass is 500 g/mol. The Bertz CT molecular complexity index is 1430. The first-order valence-corrected chi connectivity index (χ1v) is 14.2. The molecule has 0 bridgehead atoms. The molecule has 0 aliphatic carbocycles. The first-order chi connectivity index (χ1) is 13.4. The Morgan fingerprint density at radius 1 is 0.633 bits per heavy atom. The topological polar surface area (TPSA) is 201 Å². The Hall–Kier alpha value is -2.24. The lowest BCUT2D eigenvalue weighted by Crippen LogP contribution is -2.15. The van der Waals surface area contributed by atoms with E-state index in [1.807, 2.05) is 0 Å². The van der Waals surface area contributed by atoms with Crippen molar-refractivity contribution >= 4 is 51.3 Å². The van der Waals surface area contributed by atoms with Gasteiger partial charge >= 0.3 is 0 Å². The molecule has 0 atom stereocenters. The van der Waals surface area contributed by atoms with E-state index in [1.165, 1.54) is 0 Å². The summed E-state index contributed by atoms with van der Waals surface area (Å²) < 4.78 is 112. The maximum absolute atomic E-state index is 11.7. The third kappa shape index (κ3) is 5.67. The van der Waals surface area contributed by atoms with Crippen molar-refractivity contribution in [2.24, 2.45) is 0 Å². The zero-order valence-corrected chi connectivity index (χ0v) is 18.5. The fraction of sp³-hybridized carbons (Fsp3) is 0.143. The molecule has 0 heterocycles. The Kier molecular flexibility index (Phi) is 6.24. The molecule has 2 rings (SSSR count). The highest BCUT2D eigenvalue weighted by Gasteiger charge is 2.23. The lowest BCUT2D eigenvalue weighted by molar-refractivity contribution is 0.479. The van der Waals surface area contributed by atoms with Crippen molar-refractivity contribution in [3.63, 3.8) is 0 Å². The molecule has 2 aromatic carbocycles. The van der Waals surface area contributed by atoms with Crippen LogP contribution in [0.3, 0.4) is 0 Å². The van der Waals surface area contributed by atoms with Crippen molar-refractivity contribution in [3.05, 3.63) is 36.4 Å². The second kappa shape index (κ2) is 7.78. The largest absolute Gasteiger partial charge is 0.301 e. The summed E-state index contributed by atoms with van der Waals surface area (Å²) in [6, 6.07) is 5.60. The van der Waals surface area contributed by atoms with Crippen LogP contribution in [-0.2, 0) is 39.9 Å². The van der Waals surface area contributed by atoms with Crippen molar-refractivity contribution in [1.29, 1.82) is 0 Å². The van der Waals surface area contributed by atoms with Gasteiger partial charge in [-0.15, -0.1) is 0 Å². The number of sulfone groups is 2. The summed E-state index contributed by atoms with van der Waals surface area (Å²) in [6.07, 6.45) is 1.58. The molecule has 0 saturated carbocycles. The zero-order chi connectivity index (χ0) is 23.1. The van der Waals surface area contributed by atoms with Crippen LogP contribution in [0.5, 0.6) is 0 Å². The summed E-state index contributed by atoms with van der Waals surface area (Å²) in [5.41, 5.74) is 4.31. The number of rotatable bonds is 7. The van der Waals surface area contributed by atoms with Crippen LogP contribution in [0.2, 0.25) is 0 Å². The summed E-state index contributed by atoms with van der Waals surface area (Å²) in [6.45, 7) is 0. The molecule has 16 heteroatoms. The highest BCUT2D eigenvalue weighted by atomic mass is 32.2. The van der Waals surface area contributed by atoms with Gasteiger partial charge < -0.3 is 5.43 Å². The van der Waals surface area contributed by atoms with Gasteiger partial charge in [0.25, 0.3) is 20.2 Å². The molecule has 0 amide bonds. The van der Waals surface area contributed by atoms with E-state index in [0.29, 0.717) is 6.07 Å². The number of hydrazine groups is 1. The lowest BCUT2D eigenvalue weighted by Gasteiger charge is -2.15. The quantitative estimate of drug-likeness (QED) is 0.302. The summed E-state index contributed by atoms with van der Waals surface area (Å²) >= 11 is 0. The van der Waals surface area contributed by atoms with E-state index < -0.39 is 54.6 Å². The maximum atomic E-state index is 11.7. The molecule has 0 spiro atoms. The molecule has 30 heavy (non-hydrogen) atoms. The molecule has 2 aromatic rings. The fourth-order valence-electron chi connectivity index (χ4n) is 2.28. The summed E-state index contributed by atoms with van der Waals surface area (Å²) in [7, 11) is -17.6. The Morgan fingerprint density at radius 3 is 1.67 bits per heavy atom. The van der Waals surface area contributed by atoms with E-state index in [9.17, 15) is 42.8 Å². The molecule has 166 valence electrons. The first kappa shape index (κ1) is 24.0. The SMILES string of the molecule is CS(=O)(=O)c1ccc(NNc2ccc(S(C)(=O)=O)c(S(=O)(=O)O)c2)c(S(=O)(=O)O)c1. The van der Waals surface area contributed by atoms with Crippen molar-refractivity contribution in [1.82, 2.24) is 0 Å². The van der Waals surface area contributed by atoms with Gasteiger partial charge in [0.1, 0.15) is 9.79 Å². The van der Waals surface area contributed by atoms with Crippen LogP contribution in [0, 0.1) is 0 Å². The number of anilines is 2. The van der Waals surface area contributed by atoms with Crippen LogP contribution < -0.4 is 10.9 Å². The molecule has 12 nitrogen and oxygen atoms in total. The van der Waals surface area contributed by atoms with Crippen LogP contribution in [-0.4, -0.2) is 55.3 Å². The van der Waals surface area contributed by atoms with Crippen LogP contribution in [0.1, 0.15) is 0 Å². The Labute approximate surface area is 173 Å². The van der Waals surface area contributed by atoms with Gasteiger partial charge in [-0.1, -0.05) is 0 Å². The fourth-order valence-corrected chi connectivity index (χ4v) is 5.79. The highest BCUT2D eigenvalue weighted by molar-refractivity contribution is 7.92. The number of benzene rings is 2. The lowest BCUT2D eigenvalue weighted by atomic mass is 10.3. The maximum Gasteiger partial charge on any atom is 0.296 e. The van der Waals surface area contributed by atoms with Gasteiger partial charge in [0.15, 0.2) is 19.7 Å². The number of nitrogens with one attached hydrogen (secondary N) is 2. The predicted octanol–water partition coefficient (Wildman–Crippen LogP) is 0.426. The standard InChI is InChI=1S/C14H16N2O10S4/c1-27(17,18)10-4-5-11(13(8-10)29(21,22)23)16-15-9-3-6-12(28(2,19)20)14(7-9)30(24,25)26/h3-8,15-16H,1-2H3,(H,21,22,23)(H,24,25,26). The second-order valence-corrected chi connectivity index (χ2v) is 12.8. The van der Waals surface area contributed by atoms with Gasteiger partial charge in [-0.25, -0.2) is 16.8 Å². The smallest absolute Gasteiger partial charge is 0.296 e. The van der Waals surface area contributed by atoms with Crippen molar-refractivity contribution in [3.8, 4) is 0 Å². The molecule has 4 N–H and O–H groups in total. The van der Waals surface area contributed by atoms with Gasteiger partial charge in [0, 0.05) is 12.5 Å². The van der Waals surface area contributed by atoms with Crippen molar-refractivity contribution in [2.45, 2.75) is 19.6 Å². The Morgan fingerprint density at radius 2 is 1.20 bits per heavy atom. The van der Waals surface area contributed by atoms with Crippen molar-refractivity contribution in [2.75, 3.05) is 23.4 Å². The number of hydrogen-bond donors (Lipinski definition) is 4.